The molecule has 0 aliphatic rings. The summed E-state index contributed by atoms with van der Waals surface area (Å²) >= 11 is 0. The topological polar surface area (TPSA) is 111 Å². The lowest BCUT2D eigenvalue weighted by Crippen LogP contribution is -2.47. The number of nitrogens with one attached hydrogen (secondary N) is 1. The molecule has 3 atom stereocenters. The molecular weight excluding hydrogens is 976 g/mol. The van der Waals surface area contributed by atoms with E-state index in [4.69, 9.17) is 13.8 Å². The van der Waals surface area contributed by atoms with E-state index in [-0.39, 0.29) is 31.5 Å². The molecule has 0 radical (unpaired) electrons. The lowest BCUT2D eigenvalue weighted by atomic mass is 10.0. The van der Waals surface area contributed by atoms with Crippen LogP contribution in [-0.2, 0) is 27.9 Å². The van der Waals surface area contributed by atoms with Crippen LogP contribution in [0.5, 0.6) is 0 Å². The van der Waals surface area contributed by atoms with Crippen LogP contribution < -0.4 is 5.32 Å². The molecule has 0 fully saturated rings. The maximum absolute atomic E-state index is 13.6. The van der Waals surface area contributed by atoms with Crippen molar-refractivity contribution in [3.63, 3.8) is 0 Å². The zero-order valence-electron chi connectivity index (χ0n) is 51.5. The van der Waals surface area contributed by atoms with Crippen LogP contribution >= 0.6 is 7.82 Å². The first-order valence-corrected chi connectivity index (χ1v) is 34.1. The highest BCUT2D eigenvalue weighted by atomic mass is 31.2. The number of hydrogen-bond acceptors (Lipinski definition) is 6. The van der Waals surface area contributed by atoms with Crippen LogP contribution in [0, 0.1) is 0 Å². The maximum Gasteiger partial charge on any atom is 0.472 e. The molecule has 1 amide bonds. The Bertz CT molecular complexity index is 1500. The summed E-state index contributed by atoms with van der Waals surface area (Å²) in [7, 11) is 1.49. The molecule has 3 unspecified atom stereocenters. The molecule has 0 bridgehead atoms. The van der Waals surface area contributed by atoms with Crippen LogP contribution in [0.4, 0.5) is 0 Å². The molecule has 0 spiro atoms. The van der Waals surface area contributed by atoms with E-state index in [2.05, 4.69) is 74.7 Å². The Morgan fingerprint density at radius 3 is 1.27 bits per heavy atom. The molecule has 0 aromatic heterocycles. The van der Waals surface area contributed by atoms with Gasteiger partial charge in [0, 0.05) is 12.8 Å². The monoisotopic (exact) mass is 1100 g/mol. The van der Waals surface area contributed by atoms with E-state index < -0.39 is 20.0 Å². The number of unbranched alkanes of at least 4 members (excludes halogenated alkanes) is 37. The number of allylic oxidation sites excluding steroid dienone is 9. The molecule has 0 aliphatic carbocycles. The molecule has 0 saturated carbocycles. The number of phosphoric ester groups is 1. The van der Waals surface area contributed by atoms with Gasteiger partial charge in [-0.15, -0.1) is 0 Å². The van der Waals surface area contributed by atoms with Gasteiger partial charge in [0.2, 0.25) is 5.91 Å². The Hall–Kier alpha value is -2.29. The second-order valence-electron chi connectivity index (χ2n) is 23.3. The van der Waals surface area contributed by atoms with Crippen molar-refractivity contribution in [3.8, 4) is 0 Å². The number of phosphoric acid groups is 1. The number of carbonyl (C=O) groups excluding carboxylic acids is 2. The normalized spacial score (nSPS) is 14.0. The van der Waals surface area contributed by atoms with Crippen molar-refractivity contribution in [1.29, 1.82) is 0 Å². The SMILES string of the molecule is CC/C=C/C=C/C=C\CCCCCCCC(=O)OC(/C=C\CCCCCCCCCCCCC)C(COP(=O)(O)OCC[N+](C)(C)C)NC(=O)CCCCCCCCCCCCCCCCC/C=C/CCCCCCCC. The number of amides is 1. The molecular formula is C67H126N2O7P+. The van der Waals surface area contributed by atoms with Gasteiger partial charge in [-0.25, -0.2) is 4.57 Å². The Kier molecular flexibility index (Phi) is 55.3. The van der Waals surface area contributed by atoms with Crippen molar-refractivity contribution in [3.05, 3.63) is 60.8 Å². The van der Waals surface area contributed by atoms with E-state index in [1.54, 1.807) is 0 Å². The van der Waals surface area contributed by atoms with Crippen molar-refractivity contribution in [2.45, 2.75) is 315 Å². The fourth-order valence-electron chi connectivity index (χ4n) is 9.47. The van der Waals surface area contributed by atoms with E-state index in [0.717, 1.165) is 77.0 Å². The Morgan fingerprint density at radius 2 is 0.844 bits per heavy atom. The fourth-order valence-corrected chi connectivity index (χ4v) is 10.2. The first-order chi connectivity index (χ1) is 37.4. The number of nitrogens with zero attached hydrogens (tertiary/aromatic N) is 1. The van der Waals surface area contributed by atoms with Gasteiger partial charge in [-0.3, -0.25) is 18.6 Å². The minimum Gasteiger partial charge on any atom is -0.456 e. The van der Waals surface area contributed by atoms with Gasteiger partial charge >= 0.3 is 13.8 Å². The molecule has 0 aromatic carbocycles. The molecule has 0 aromatic rings. The summed E-state index contributed by atoms with van der Waals surface area (Å²) in [4.78, 5) is 37.7. The van der Waals surface area contributed by atoms with Gasteiger partial charge in [-0.2, -0.15) is 0 Å². The molecule has 0 heterocycles. The first kappa shape index (κ1) is 74.7. The molecule has 10 heteroatoms. The second kappa shape index (κ2) is 57.0. The predicted octanol–water partition coefficient (Wildman–Crippen LogP) is 20.2. The van der Waals surface area contributed by atoms with E-state index in [1.165, 1.54) is 186 Å². The summed E-state index contributed by atoms with van der Waals surface area (Å²) < 4.78 is 30.7. The minimum atomic E-state index is -4.45. The van der Waals surface area contributed by atoms with Crippen LogP contribution in [0.25, 0.3) is 0 Å². The Labute approximate surface area is 477 Å². The second-order valence-corrected chi connectivity index (χ2v) is 24.8. The van der Waals surface area contributed by atoms with Crippen LogP contribution in [0.1, 0.15) is 303 Å². The third-order valence-corrected chi connectivity index (χ3v) is 15.5. The van der Waals surface area contributed by atoms with Crippen LogP contribution in [0.3, 0.4) is 0 Å². The fraction of sp³-hybridized carbons (Fsp3) is 0.821. The van der Waals surface area contributed by atoms with Gasteiger partial charge in [0.15, 0.2) is 0 Å². The number of rotatable bonds is 59. The number of esters is 1. The van der Waals surface area contributed by atoms with Crippen LogP contribution in [0.2, 0.25) is 0 Å². The molecule has 0 rings (SSSR count). The standard InChI is InChI=1S/C67H125N2O7P/c1-7-10-13-16-19-22-25-28-29-30-31-32-33-34-35-36-37-38-39-42-44-47-50-53-56-59-66(70)68-64(63-75-77(72,73)74-62-61-69(4,5)6)65(58-55-52-49-46-43-40-26-23-20-17-14-11-8-2)76-67(71)60-57-54-51-48-45-41-27-24-21-18-15-12-9-3/h12,15,18,21,24,27-29,55,58,64-65H,7-11,13-14,16-17,19-20,22-23,25-26,30-54,56-57,59-63H2,1-6H3,(H-,68,70,72,73)/p+1/b15-12+,21-18+,27-24-,29-28+,58-55-. The van der Waals surface area contributed by atoms with Crippen molar-refractivity contribution in [2.75, 3.05) is 40.9 Å². The average molecular weight is 1100 g/mol. The third kappa shape index (κ3) is 58.2. The van der Waals surface area contributed by atoms with Gasteiger partial charge in [0.1, 0.15) is 19.3 Å². The van der Waals surface area contributed by atoms with E-state index >= 15 is 0 Å². The third-order valence-electron chi connectivity index (χ3n) is 14.5. The van der Waals surface area contributed by atoms with E-state index in [9.17, 15) is 19.0 Å². The summed E-state index contributed by atoms with van der Waals surface area (Å²) in [6.45, 7) is 6.89. The average Bonchev–Trinajstić information content (AvgIpc) is 3.39. The highest BCUT2D eigenvalue weighted by Crippen LogP contribution is 2.43. The quantitative estimate of drug-likeness (QED) is 0.0156. The first-order valence-electron chi connectivity index (χ1n) is 32.6. The van der Waals surface area contributed by atoms with Gasteiger partial charge in [-0.1, -0.05) is 275 Å². The minimum absolute atomic E-state index is 0.0364. The molecule has 9 nitrogen and oxygen atoms in total. The Balaban J connectivity index is 5.09. The van der Waals surface area contributed by atoms with Gasteiger partial charge in [-0.05, 0) is 76.7 Å². The predicted molar refractivity (Wildman–Crippen MR) is 332 cm³/mol. The summed E-state index contributed by atoms with van der Waals surface area (Å²) in [5.74, 6) is -0.521. The summed E-state index contributed by atoms with van der Waals surface area (Å²) in [6, 6.07) is -0.857. The summed E-state index contributed by atoms with van der Waals surface area (Å²) in [5.41, 5.74) is 0. The molecule has 450 valence electrons. The highest BCUT2D eigenvalue weighted by Gasteiger charge is 2.30. The number of likely N-dealkylation sites (N-methyl/N-ethyl adjacent to an activating group) is 1. The van der Waals surface area contributed by atoms with E-state index in [0.29, 0.717) is 23.9 Å². The molecule has 2 N–H and O–H groups in total. The zero-order valence-corrected chi connectivity index (χ0v) is 52.3. The largest absolute Gasteiger partial charge is 0.472 e. The van der Waals surface area contributed by atoms with Gasteiger partial charge in [0.25, 0.3) is 0 Å². The molecule has 0 saturated heterocycles. The van der Waals surface area contributed by atoms with Crippen LogP contribution in [0.15, 0.2) is 60.8 Å². The zero-order chi connectivity index (χ0) is 56.4. The lowest BCUT2D eigenvalue weighted by Gasteiger charge is -2.27. The van der Waals surface area contributed by atoms with Crippen molar-refractivity contribution < 1.29 is 37.3 Å². The Morgan fingerprint density at radius 1 is 0.468 bits per heavy atom. The van der Waals surface area contributed by atoms with Crippen molar-refractivity contribution in [1.82, 2.24) is 5.32 Å². The maximum atomic E-state index is 13.6. The lowest BCUT2D eigenvalue weighted by molar-refractivity contribution is -0.870. The molecule has 77 heavy (non-hydrogen) atoms. The number of carbonyl (C=O) groups is 2. The summed E-state index contributed by atoms with van der Waals surface area (Å²) in [6.07, 6.45) is 72.3. The smallest absolute Gasteiger partial charge is 0.456 e. The highest BCUT2D eigenvalue weighted by molar-refractivity contribution is 7.47. The van der Waals surface area contributed by atoms with Crippen molar-refractivity contribution >= 4 is 19.7 Å². The number of hydrogen-bond donors (Lipinski definition) is 2. The van der Waals surface area contributed by atoms with Crippen LogP contribution in [-0.4, -0.2) is 74.3 Å². The molecule has 0 aliphatic heterocycles. The van der Waals surface area contributed by atoms with Gasteiger partial charge < -0.3 is 19.4 Å². The number of quaternary nitrogens is 1. The number of ether oxygens (including phenoxy) is 1. The van der Waals surface area contributed by atoms with Crippen molar-refractivity contribution in [2.24, 2.45) is 0 Å². The van der Waals surface area contributed by atoms with Gasteiger partial charge in [0.05, 0.1) is 33.8 Å². The summed E-state index contributed by atoms with van der Waals surface area (Å²) in [5, 5.41) is 3.06. The van der Waals surface area contributed by atoms with E-state index in [1.807, 2.05) is 33.3 Å².